The number of likely N-dealkylation sites (N-methyl/N-ethyl adjacent to an activating group) is 1. The Morgan fingerprint density at radius 1 is 1.15 bits per heavy atom. The first-order valence-corrected chi connectivity index (χ1v) is 11.6. The summed E-state index contributed by atoms with van der Waals surface area (Å²) in [6, 6.07) is 5.55. The van der Waals surface area contributed by atoms with Crippen molar-refractivity contribution in [3.05, 3.63) is 35.9 Å². The van der Waals surface area contributed by atoms with Gasteiger partial charge in [0.25, 0.3) is 0 Å². The maximum absolute atomic E-state index is 12.9. The fourth-order valence-electron chi connectivity index (χ4n) is 3.55. The SMILES string of the molecule is CCN1CCN(C(=O)N[C@@H](Cc2ccccc2)C(=O)NC2CN(S(=O)(=O)O)C2O)C(=O)C1=O. The van der Waals surface area contributed by atoms with Crippen LogP contribution in [0.15, 0.2) is 30.3 Å². The number of urea groups is 1. The van der Waals surface area contributed by atoms with Crippen molar-refractivity contribution in [1.29, 1.82) is 0 Å². The minimum Gasteiger partial charge on any atom is -0.375 e. The summed E-state index contributed by atoms with van der Waals surface area (Å²) in [7, 11) is -4.62. The van der Waals surface area contributed by atoms with E-state index in [9.17, 15) is 32.7 Å². The molecule has 0 aromatic heterocycles. The molecule has 33 heavy (non-hydrogen) atoms. The second kappa shape index (κ2) is 9.82. The zero-order chi connectivity index (χ0) is 24.3. The Balaban J connectivity index is 1.71. The van der Waals surface area contributed by atoms with E-state index in [0.717, 1.165) is 4.90 Å². The third-order valence-electron chi connectivity index (χ3n) is 5.49. The predicted octanol–water partition coefficient (Wildman–Crippen LogP) is -2.08. The highest BCUT2D eigenvalue weighted by Gasteiger charge is 2.46. The molecule has 1 aromatic rings. The molecule has 2 fully saturated rings. The van der Waals surface area contributed by atoms with E-state index in [0.29, 0.717) is 16.4 Å². The first kappa shape index (κ1) is 24.6. The summed E-state index contributed by atoms with van der Waals surface area (Å²) in [4.78, 5) is 52.1. The molecule has 14 heteroatoms. The van der Waals surface area contributed by atoms with Gasteiger partial charge >= 0.3 is 28.1 Å². The summed E-state index contributed by atoms with van der Waals surface area (Å²) < 4.78 is 31.7. The van der Waals surface area contributed by atoms with Gasteiger partial charge in [-0.3, -0.25) is 23.8 Å². The quantitative estimate of drug-likeness (QED) is 0.252. The van der Waals surface area contributed by atoms with E-state index in [-0.39, 0.29) is 26.1 Å². The number of benzene rings is 1. The Hall–Kier alpha value is -3.07. The van der Waals surface area contributed by atoms with Crippen LogP contribution in [0.25, 0.3) is 0 Å². The normalized spacial score (nSPS) is 22.5. The molecule has 2 unspecified atom stereocenters. The maximum Gasteiger partial charge on any atom is 0.338 e. The van der Waals surface area contributed by atoms with E-state index >= 15 is 0 Å². The van der Waals surface area contributed by atoms with Crippen molar-refractivity contribution >= 4 is 34.1 Å². The number of rotatable bonds is 7. The fraction of sp³-hybridized carbons (Fsp3) is 0.474. The van der Waals surface area contributed by atoms with Crippen molar-refractivity contribution in [2.24, 2.45) is 0 Å². The first-order chi connectivity index (χ1) is 15.5. The van der Waals surface area contributed by atoms with Gasteiger partial charge in [0.05, 0.1) is 6.04 Å². The molecule has 4 N–H and O–H groups in total. The number of imide groups is 1. The molecule has 0 saturated carbocycles. The Morgan fingerprint density at radius 3 is 2.39 bits per heavy atom. The molecule has 0 bridgehead atoms. The van der Waals surface area contributed by atoms with Crippen molar-refractivity contribution in [3.8, 4) is 0 Å². The number of hydrogen-bond donors (Lipinski definition) is 4. The van der Waals surface area contributed by atoms with Gasteiger partial charge in [0.15, 0.2) is 0 Å². The van der Waals surface area contributed by atoms with Crippen LogP contribution < -0.4 is 10.6 Å². The van der Waals surface area contributed by atoms with Crippen molar-refractivity contribution in [2.45, 2.75) is 31.7 Å². The summed E-state index contributed by atoms with van der Waals surface area (Å²) in [6.45, 7) is 1.81. The maximum atomic E-state index is 12.9. The highest BCUT2D eigenvalue weighted by Crippen LogP contribution is 2.19. The van der Waals surface area contributed by atoms with Crippen LogP contribution in [-0.4, -0.2) is 100 Å². The van der Waals surface area contributed by atoms with Crippen LogP contribution in [-0.2, 0) is 31.1 Å². The number of hydrogen-bond acceptors (Lipinski definition) is 7. The van der Waals surface area contributed by atoms with Crippen molar-refractivity contribution < 1.29 is 37.3 Å². The largest absolute Gasteiger partial charge is 0.375 e. The smallest absolute Gasteiger partial charge is 0.338 e. The lowest BCUT2D eigenvalue weighted by atomic mass is 10.0. The van der Waals surface area contributed by atoms with Crippen molar-refractivity contribution in [1.82, 2.24) is 24.7 Å². The monoisotopic (exact) mass is 483 g/mol. The van der Waals surface area contributed by atoms with Crippen LogP contribution in [0.1, 0.15) is 12.5 Å². The van der Waals surface area contributed by atoms with E-state index in [2.05, 4.69) is 10.6 Å². The average molecular weight is 484 g/mol. The van der Waals surface area contributed by atoms with E-state index in [1.165, 1.54) is 4.90 Å². The molecule has 2 aliphatic heterocycles. The van der Waals surface area contributed by atoms with Gasteiger partial charge in [-0.1, -0.05) is 30.3 Å². The van der Waals surface area contributed by atoms with Gasteiger partial charge in [-0.15, -0.1) is 4.31 Å². The van der Waals surface area contributed by atoms with Crippen LogP contribution in [0.3, 0.4) is 0 Å². The van der Waals surface area contributed by atoms with Gasteiger partial charge in [-0.25, -0.2) is 4.79 Å². The number of carbonyl (C=O) groups excluding carboxylic acids is 4. The Labute approximate surface area is 190 Å². The third-order valence-corrected chi connectivity index (χ3v) is 6.45. The Kier molecular flexibility index (Phi) is 7.31. The van der Waals surface area contributed by atoms with Crippen molar-refractivity contribution in [3.63, 3.8) is 0 Å². The van der Waals surface area contributed by atoms with Gasteiger partial charge in [0.2, 0.25) is 5.91 Å². The minimum atomic E-state index is -4.62. The minimum absolute atomic E-state index is 0.0281. The summed E-state index contributed by atoms with van der Waals surface area (Å²) in [5, 5.41) is 14.8. The van der Waals surface area contributed by atoms with Gasteiger partial charge in [0, 0.05) is 32.6 Å². The van der Waals surface area contributed by atoms with E-state index in [1.54, 1.807) is 37.3 Å². The van der Waals surface area contributed by atoms with E-state index in [4.69, 9.17) is 4.55 Å². The van der Waals surface area contributed by atoms with Crippen molar-refractivity contribution in [2.75, 3.05) is 26.2 Å². The zero-order valence-corrected chi connectivity index (χ0v) is 18.6. The zero-order valence-electron chi connectivity index (χ0n) is 17.7. The summed E-state index contributed by atoms with van der Waals surface area (Å²) in [5.41, 5.74) is 0.685. The summed E-state index contributed by atoms with van der Waals surface area (Å²) in [5.74, 6) is -2.55. The molecule has 0 spiro atoms. The average Bonchev–Trinajstić information content (AvgIpc) is 2.76. The van der Waals surface area contributed by atoms with Gasteiger partial charge in [0.1, 0.15) is 12.3 Å². The molecule has 180 valence electrons. The molecule has 0 radical (unpaired) electrons. The molecule has 2 saturated heterocycles. The molecule has 5 amide bonds. The lowest BCUT2D eigenvalue weighted by Gasteiger charge is -2.42. The number of piperazine rings is 1. The van der Waals surface area contributed by atoms with Crippen LogP contribution in [0.2, 0.25) is 0 Å². The molecule has 3 atom stereocenters. The third kappa shape index (κ3) is 5.47. The van der Waals surface area contributed by atoms with E-state index < -0.39 is 52.4 Å². The van der Waals surface area contributed by atoms with Crippen LogP contribution in [0, 0.1) is 0 Å². The molecular formula is C19H25N5O8S. The lowest BCUT2D eigenvalue weighted by Crippen LogP contribution is -2.69. The molecule has 13 nitrogen and oxygen atoms in total. The standard InChI is InChI=1S/C19H25N5O8S/c1-2-22-8-9-23(18(28)17(22)27)19(29)21-13(10-12-6-4-3-5-7-12)15(25)20-14-11-24(16(14)26)33(30,31)32/h3-7,13-14,16,26H,2,8-11H2,1H3,(H,20,25)(H,21,29)(H,30,31,32)/t13-,14?,16?/m0/s1. The number of aliphatic hydroxyl groups is 1. The highest BCUT2D eigenvalue weighted by molar-refractivity contribution is 7.83. The number of aliphatic hydroxyl groups excluding tert-OH is 1. The summed E-state index contributed by atoms with van der Waals surface area (Å²) >= 11 is 0. The van der Waals surface area contributed by atoms with Gasteiger partial charge in [-0.2, -0.15) is 8.42 Å². The second-order valence-corrected chi connectivity index (χ2v) is 8.97. The van der Waals surface area contributed by atoms with E-state index in [1.807, 2.05) is 0 Å². The van der Waals surface area contributed by atoms with Gasteiger partial charge in [-0.05, 0) is 12.5 Å². The van der Waals surface area contributed by atoms with Crippen LogP contribution in [0.4, 0.5) is 4.79 Å². The highest BCUT2D eigenvalue weighted by atomic mass is 32.2. The lowest BCUT2D eigenvalue weighted by molar-refractivity contribution is -0.153. The molecule has 2 heterocycles. The fourth-order valence-corrected chi connectivity index (χ4v) is 4.32. The molecule has 2 aliphatic rings. The molecule has 0 aliphatic carbocycles. The number of nitrogens with one attached hydrogen (secondary N) is 2. The van der Waals surface area contributed by atoms with Crippen LogP contribution in [0.5, 0.6) is 0 Å². The Morgan fingerprint density at radius 2 is 1.82 bits per heavy atom. The second-order valence-electron chi connectivity index (χ2n) is 7.61. The molecular weight excluding hydrogens is 458 g/mol. The molecule has 3 rings (SSSR count). The molecule has 1 aromatic carbocycles. The van der Waals surface area contributed by atoms with Gasteiger partial charge < -0.3 is 20.6 Å². The number of amides is 5. The Bertz CT molecular complexity index is 1030. The van der Waals surface area contributed by atoms with Crippen LogP contribution >= 0.6 is 0 Å². The number of carbonyl (C=O) groups is 4. The predicted molar refractivity (Wildman–Crippen MR) is 113 cm³/mol. The summed E-state index contributed by atoms with van der Waals surface area (Å²) in [6.07, 6.45) is -1.64. The number of nitrogens with zero attached hydrogens (tertiary/aromatic N) is 3. The topological polar surface area (TPSA) is 177 Å². The first-order valence-electron chi connectivity index (χ1n) is 10.2.